The zero-order valence-electron chi connectivity index (χ0n) is 10.2. The second kappa shape index (κ2) is 7.13. The molecule has 0 bridgehead atoms. The third-order valence-corrected chi connectivity index (χ3v) is 3.28. The van der Waals surface area contributed by atoms with Gasteiger partial charge < -0.3 is 9.64 Å². The third-order valence-electron chi connectivity index (χ3n) is 3.01. The Morgan fingerprint density at radius 2 is 2.12 bits per heavy atom. The molecule has 1 heterocycles. The molecule has 2 atom stereocenters. The summed E-state index contributed by atoms with van der Waals surface area (Å²) >= 11 is 5.60. The van der Waals surface area contributed by atoms with Gasteiger partial charge in [0, 0.05) is 19.5 Å². The number of likely N-dealkylation sites (N-methyl/N-ethyl adjacent to an activating group) is 1. The van der Waals surface area contributed by atoms with E-state index in [9.17, 15) is 4.79 Å². The van der Waals surface area contributed by atoms with Crippen molar-refractivity contribution < 1.29 is 9.53 Å². The van der Waals surface area contributed by atoms with Gasteiger partial charge >= 0.3 is 0 Å². The highest BCUT2D eigenvalue weighted by molar-refractivity contribution is 6.17. The first-order chi connectivity index (χ1) is 7.65. The van der Waals surface area contributed by atoms with E-state index in [0.29, 0.717) is 5.88 Å². The highest BCUT2D eigenvalue weighted by atomic mass is 35.5. The van der Waals surface area contributed by atoms with Crippen LogP contribution in [0.3, 0.4) is 0 Å². The lowest BCUT2D eigenvalue weighted by atomic mass is 10.2. The summed E-state index contributed by atoms with van der Waals surface area (Å²) in [5.41, 5.74) is 0. The van der Waals surface area contributed by atoms with Crippen LogP contribution in [0.15, 0.2) is 0 Å². The van der Waals surface area contributed by atoms with Crippen molar-refractivity contribution >= 4 is 17.5 Å². The number of amides is 1. The van der Waals surface area contributed by atoms with Crippen molar-refractivity contribution in [2.75, 3.05) is 19.5 Å². The normalized spacial score (nSPS) is 24.7. The maximum absolute atomic E-state index is 11.9. The van der Waals surface area contributed by atoms with E-state index in [2.05, 4.69) is 0 Å². The molecule has 1 saturated heterocycles. The maximum Gasteiger partial charge on any atom is 0.251 e. The Balaban J connectivity index is 2.20. The molecule has 2 unspecified atom stereocenters. The van der Waals surface area contributed by atoms with Crippen LogP contribution in [-0.2, 0) is 9.53 Å². The average molecular weight is 248 g/mol. The number of hydrogen-bond donors (Lipinski definition) is 0. The molecule has 1 amide bonds. The smallest absolute Gasteiger partial charge is 0.251 e. The molecule has 0 saturated carbocycles. The zero-order chi connectivity index (χ0) is 12.0. The fourth-order valence-electron chi connectivity index (χ4n) is 1.96. The molecule has 3 nitrogen and oxygen atoms in total. The van der Waals surface area contributed by atoms with Gasteiger partial charge in [0.15, 0.2) is 0 Å². The molecule has 0 aromatic heterocycles. The summed E-state index contributed by atoms with van der Waals surface area (Å²) in [6.45, 7) is 2.83. The molecule has 0 aromatic rings. The van der Waals surface area contributed by atoms with Crippen LogP contribution in [-0.4, -0.2) is 42.5 Å². The Morgan fingerprint density at radius 3 is 2.69 bits per heavy atom. The number of alkyl halides is 1. The highest BCUT2D eigenvalue weighted by Crippen LogP contribution is 2.20. The Kier molecular flexibility index (Phi) is 6.14. The predicted molar refractivity (Wildman–Crippen MR) is 65.8 cm³/mol. The van der Waals surface area contributed by atoms with Crippen molar-refractivity contribution in [3.63, 3.8) is 0 Å². The Morgan fingerprint density at radius 1 is 1.38 bits per heavy atom. The lowest BCUT2D eigenvalue weighted by Crippen LogP contribution is -2.37. The number of unbranched alkanes of at least 4 members (excludes halogenated alkanes) is 2. The van der Waals surface area contributed by atoms with Crippen molar-refractivity contribution in [2.24, 2.45) is 0 Å². The van der Waals surface area contributed by atoms with Gasteiger partial charge in [0.05, 0.1) is 6.10 Å². The number of ether oxygens (including phenoxy) is 1. The van der Waals surface area contributed by atoms with Crippen molar-refractivity contribution in [3.8, 4) is 0 Å². The molecule has 0 aliphatic carbocycles. The molecule has 0 spiro atoms. The van der Waals surface area contributed by atoms with Crippen molar-refractivity contribution in [1.29, 1.82) is 0 Å². The molecule has 4 heteroatoms. The number of carbonyl (C=O) groups is 1. The van der Waals surface area contributed by atoms with Gasteiger partial charge in [-0.2, -0.15) is 0 Å². The summed E-state index contributed by atoms with van der Waals surface area (Å²) in [5, 5.41) is 0. The predicted octanol–water partition coefficient (Wildman–Crippen LogP) is 2.42. The molecule has 0 aromatic carbocycles. The van der Waals surface area contributed by atoms with Crippen LogP contribution in [0, 0.1) is 0 Å². The summed E-state index contributed by atoms with van der Waals surface area (Å²) in [6, 6.07) is 0. The van der Waals surface area contributed by atoms with Gasteiger partial charge in [-0.05, 0) is 32.6 Å². The third kappa shape index (κ3) is 4.30. The van der Waals surface area contributed by atoms with Gasteiger partial charge in [-0.1, -0.05) is 6.42 Å². The molecule has 1 fully saturated rings. The van der Waals surface area contributed by atoms with E-state index in [0.717, 1.165) is 38.6 Å². The molecular formula is C12H22ClNO2. The first-order valence-corrected chi connectivity index (χ1v) is 6.65. The van der Waals surface area contributed by atoms with E-state index in [4.69, 9.17) is 16.3 Å². The van der Waals surface area contributed by atoms with Gasteiger partial charge in [0.2, 0.25) is 0 Å². The van der Waals surface area contributed by atoms with Crippen molar-refractivity contribution in [2.45, 2.75) is 51.2 Å². The quantitative estimate of drug-likeness (QED) is 0.533. The molecule has 94 valence electrons. The van der Waals surface area contributed by atoms with E-state index in [1.165, 1.54) is 0 Å². The van der Waals surface area contributed by atoms with Gasteiger partial charge in [0.25, 0.3) is 5.91 Å². The first-order valence-electron chi connectivity index (χ1n) is 6.11. The van der Waals surface area contributed by atoms with Gasteiger partial charge in [-0.15, -0.1) is 11.6 Å². The van der Waals surface area contributed by atoms with Crippen LogP contribution in [0.25, 0.3) is 0 Å². The standard InChI is InChI=1S/C12H22ClNO2/c1-10-6-7-11(16-10)12(15)14(2)9-5-3-4-8-13/h10-11H,3-9H2,1-2H3. The average Bonchev–Trinajstić information content (AvgIpc) is 2.70. The fraction of sp³-hybridized carbons (Fsp3) is 0.917. The molecular weight excluding hydrogens is 226 g/mol. The van der Waals surface area contributed by atoms with Gasteiger partial charge in [0.1, 0.15) is 6.10 Å². The van der Waals surface area contributed by atoms with Crippen LogP contribution in [0.1, 0.15) is 39.0 Å². The highest BCUT2D eigenvalue weighted by Gasteiger charge is 2.29. The topological polar surface area (TPSA) is 29.5 Å². The van der Waals surface area contributed by atoms with Crippen LogP contribution in [0.5, 0.6) is 0 Å². The Labute approximate surface area is 103 Å². The Bertz CT molecular complexity index is 223. The Hall–Kier alpha value is -0.280. The number of hydrogen-bond acceptors (Lipinski definition) is 2. The minimum atomic E-state index is -0.201. The lowest BCUT2D eigenvalue weighted by Gasteiger charge is -2.20. The summed E-state index contributed by atoms with van der Waals surface area (Å²) < 4.78 is 5.56. The minimum absolute atomic E-state index is 0.134. The molecule has 16 heavy (non-hydrogen) atoms. The van der Waals surface area contributed by atoms with E-state index in [-0.39, 0.29) is 18.1 Å². The van der Waals surface area contributed by atoms with E-state index < -0.39 is 0 Å². The fourth-order valence-corrected chi connectivity index (χ4v) is 2.15. The first kappa shape index (κ1) is 13.8. The number of rotatable bonds is 6. The number of halogens is 1. The van der Waals surface area contributed by atoms with E-state index in [1.54, 1.807) is 4.90 Å². The number of carbonyl (C=O) groups excluding carboxylic acids is 1. The van der Waals surface area contributed by atoms with E-state index in [1.807, 2.05) is 14.0 Å². The zero-order valence-corrected chi connectivity index (χ0v) is 11.0. The summed E-state index contributed by atoms with van der Waals surface area (Å²) in [6.07, 6.45) is 5.04. The second-order valence-corrected chi connectivity index (χ2v) is 4.90. The number of nitrogens with zero attached hydrogens (tertiary/aromatic N) is 1. The van der Waals surface area contributed by atoms with Crippen LogP contribution >= 0.6 is 11.6 Å². The van der Waals surface area contributed by atoms with Crippen LogP contribution < -0.4 is 0 Å². The van der Waals surface area contributed by atoms with Crippen molar-refractivity contribution in [1.82, 2.24) is 4.90 Å². The monoisotopic (exact) mass is 247 g/mol. The molecule has 0 N–H and O–H groups in total. The lowest BCUT2D eigenvalue weighted by molar-refractivity contribution is -0.141. The summed E-state index contributed by atoms with van der Waals surface area (Å²) in [5.74, 6) is 0.844. The minimum Gasteiger partial charge on any atom is -0.365 e. The van der Waals surface area contributed by atoms with Crippen molar-refractivity contribution in [3.05, 3.63) is 0 Å². The molecule has 1 aliphatic heterocycles. The van der Waals surface area contributed by atoms with Crippen LogP contribution in [0.4, 0.5) is 0 Å². The summed E-state index contributed by atoms with van der Waals surface area (Å²) in [7, 11) is 1.86. The molecule has 0 radical (unpaired) electrons. The SMILES string of the molecule is CC1CCC(C(=O)N(C)CCCCCCl)O1. The molecule has 1 rings (SSSR count). The molecule has 1 aliphatic rings. The second-order valence-electron chi connectivity index (χ2n) is 4.52. The largest absolute Gasteiger partial charge is 0.365 e. The van der Waals surface area contributed by atoms with E-state index >= 15 is 0 Å². The van der Waals surface area contributed by atoms with Gasteiger partial charge in [-0.25, -0.2) is 0 Å². The maximum atomic E-state index is 11.9. The van der Waals surface area contributed by atoms with Gasteiger partial charge in [-0.3, -0.25) is 4.79 Å². The van der Waals surface area contributed by atoms with Crippen LogP contribution in [0.2, 0.25) is 0 Å². The summed E-state index contributed by atoms with van der Waals surface area (Å²) in [4.78, 5) is 13.7.